The van der Waals surface area contributed by atoms with Crippen molar-refractivity contribution in [3.63, 3.8) is 0 Å². The van der Waals surface area contributed by atoms with Crippen molar-refractivity contribution in [3.8, 4) is 0 Å². The topological polar surface area (TPSA) is 30.0 Å². The molecule has 1 aromatic heterocycles. The fraction of sp³-hybridized carbons (Fsp3) is 0.500. The van der Waals surface area contributed by atoms with Crippen molar-refractivity contribution in [2.45, 2.75) is 19.8 Å². The molecule has 0 bridgehead atoms. The molecule has 0 aliphatic heterocycles. The summed E-state index contributed by atoms with van der Waals surface area (Å²) >= 11 is 0. The Kier molecular flexibility index (Phi) is 2.92. The van der Waals surface area contributed by atoms with Crippen molar-refractivity contribution in [3.05, 3.63) is 24.0 Å². The van der Waals surface area contributed by atoms with E-state index in [0.717, 1.165) is 10.9 Å². The second kappa shape index (κ2) is 3.63. The van der Waals surface area contributed by atoms with E-state index in [0.29, 0.717) is 5.92 Å². The number of pyridine rings is 1. The van der Waals surface area contributed by atoms with E-state index < -0.39 is 7.14 Å². The molecule has 0 fully saturated rings. The molecular formula is C10H16NOP. The predicted octanol–water partition coefficient (Wildman–Crippen LogP) is 2.45. The highest BCUT2D eigenvalue weighted by Crippen LogP contribution is 2.37. The van der Waals surface area contributed by atoms with Gasteiger partial charge in [-0.15, -0.1) is 0 Å². The maximum absolute atomic E-state index is 11.9. The largest absolute Gasteiger partial charge is 0.319 e. The molecule has 1 aromatic rings. The summed E-state index contributed by atoms with van der Waals surface area (Å²) in [7, 11) is -2.17. The first kappa shape index (κ1) is 10.5. The van der Waals surface area contributed by atoms with E-state index in [2.05, 4.69) is 18.8 Å². The summed E-state index contributed by atoms with van der Waals surface area (Å²) in [5.41, 5.74) is 1.16. The van der Waals surface area contributed by atoms with Crippen LogP contribution in [0, 0.1) is 0 Å². The van der Waals surface area contributed by atoms with Crippen molar-refractivity contribution in [1.29, 1.82) is 0 Å². The molecule has 0 aliphatic rings. The van der Waals surface area contributed by atoms with Crippen molar-refractivity contribution in [2.75, 3.05) is 13.3 Å². The minimum absolute atomic E-state index is 0.409. The number of rotatable bonds is 2. The Balaban J connectivity index is 3.29. The van der Waals surface area contributed by atoms with Crippen molar-refractivity contribution >= 4 is 12.4 Å². The third kappa shape index (κ3) is 2.41. The van der Waals surface area contributed by atoms with Crippen LogP contribution >= 0.6 is 7.14 Å². The molecule has 0 saturated carbocycles. The normalized spacial score (nSPS) is 12.1. The molecule has 0 radical (unpaired) electrons. The lowest BCUT2D eigenvalue weighted by Gasteiger charge is -2.14. The van der Waals surface area contributed by atoms with Gasteiger partial charge in [-0.05, 0) is 30.9 Å². The first-order valence-corrected chi connectivity index (χ1v) is 7.02. The van der Waals surface area contributed by atoms with Crippen LogP contribution in [0.5, 0.6) is 0 Å². The van der Waals surface area contributed by atoms with E-state index in [9.17, 15) is 4.57 Å². The third-order valence-electron chi connectivity index (χ3n) is 2.03. The molecule has 0 atom stereocenters. The Morgan fingerprint density at radius 3 is 2.38 bits per heavy atom. The quantitative estimate of drug-likeness (QED) is 0.681. The first-order valence-electron chi connectivity index (χ1n) is 4.42. The summed E-state index contributed by atoms with van der Waals surface area (Å²) in [6.45, 7) is 7.79. The molecule has 72 valence electrons. The van der Waals surface area contributed by atoms with Crippen LogP contribution in [-0.4, -0.2) is 18.3 Å². The minimum atomic E-state index is -2.17. The Morgan fingerprint density at radius 2 is 2.00 bits per heavy atom. The summed E-state index contributed by atoms with van der Waals surface area (Å²) in [6, 6.07) is 1.96. The predicted molar refractivity (Wildman–Crippen MR) is 57.4 cm³/mol. The lowest BCUT2D eigenvalue weighted by Crippen LogP contribution is -2.12. The molecule has 2 nitrogen and oxygen atoms in total. The summed E-state index contributed by atoms with van der Waals surface area (Å²) in [5.74, 6) is 0.409. The second-order valence-electron chi connectivity index (χ2n) is 3.94. The van der Waals surface area contributed by atoms with Crippen LogP contribution in [0.4, 0.5) is 0 Å². The van der Waals surface area contributed by atoms with Crippen LogP contribution in [0.15, 0.2) is 18.5 Å². The number of aromatic nitrogens is 1. The van der Waals surface area contributed by atoms with E-state index >= 15 is 0 Å². The van der Waals surface area contributed by atoms with Gasteiger partial charge in [0.25, 0.3) is 0 Å². The highest BCUT2D eigenvalue weighted by molar-refractivity contribution is 7.70. The van der Waals surface area contributed by atoms with Crippen LogP contribution in [0.2, 0.25) is 0 Å². The van der Waals surface area contributed by atoms with Crippen molar-refractivity contribution in [1.82, 2.24) is 4.98 Å². The maximum Gasteiger partial charge on any atom is 0.111 e. The van der Waals surface area contributed by atoms with Crippen LogP contribution < -0.4 is 5.30 Å². The molecule has 1 heterocycles. The van der Waals surface area contributed by atoms with Gasteiger partial charge in [0, 0.05) is 17.7 Å². The summed E-state index contributed by atoms with van der Waals surface area (Å²) in [5, 5.41) is 0.921. The van der Waals surface area contributed by atoms with E-state index in [1.54, 1.807) is 25.7 Å². The number of hydrogen-bond acceptors (Lipinski definition) is 2. The average Bonchev–Trinajstić information content (AvgIpc) is 2.03. The summed E-state index contributed by atoms with van der Waals surface area (Å²) in [6.07, 6.45) is 3.49. The Bertz CT molecular complexity index is 341. The van der Waals surface area contributed by atoms with Gasteiger partial charge in [0.2, 0.25) is 0 Å². The second-order valence-corrected chi connectivity index (χ2v) is 7.12. The molecule has 0 unspecified atom stereocenters. The molecule has 0 aromatic carbocycles. The Hall–Kier alpha value is -0.620. The van der Waals surface area contributed by atoms with Crippen molar-refractivity contribution in [2.24, 2.45) is 0 Å². The molecule has 0 N–H and O–H groups in total. The number of hydrogen-bond donors (Lipinski definition) is 0. The van der Waals surface area contributed by atoms with E-state index in [4.69, 9.17) is 0 Å². The van der Waals surface area contributed by atoms with Gasteiger partial charge in [0.15, 0.2) is 0 Å². The maximum atomic E-state index is 11.9. The van der Waals surface area contributed by atoms with E-state index in [1.807, 2.05) is 6.07 Å². The molecule has 0 aliphatic carbocycles. The van der Waals surface area contributed by atoms with Gasteiger partial charge in [0.1, 0.15) is 7.14 Å². The smallest absolute Gasteiger partial charge is 0.111 e. The van der Waals surface area contributed by atoms with Crippen molar-refractivity contribution < 1.29 is 4.57 Å². The zero-order valence-corrected chi connectivity index (χ0v) is 9.51. The van der Waals surface area contributed by atoms with Gasteiger partial charge in [-0.25, -0.2) is 0 Å². The third-order valence-corrected chi connectivity index (χ3v) is 3.57. The SMILES string of the molecule is CC(C)c1ccncc1P(C)(C)=O. The van der Waals surface area contributed by atoms with Crippen LogP contribution in [-0.2, 0) is 4.57 Å². The monoisotopic (exact) mass is 197 g/mol. The molecule has 0 saturated heterocycles. The van der Waals surface area contributed by atoms with E-state index in [-0.39, 0.29) is 0 Å². The van der Waals surface area contributed by atoms with Gasteiger partial charge in [-0.1, -0.05) is 13.8 Å². The Labute approximate surface area is 79.8 Å². The fourth-order valence-corrected chi connectivity index (χ4v) is 2.63. The molecular weight excluding hydrogens is 181 g/mol. The molecule has 0 spiro atoms. The first-order chi connectivity index (χ1) is 5.93. The number of nitrogens with zero attached hydrogens (tertiary/aromatic N) is 1. The molecule has 1 rings (SSSR count). The highest BCUT2D eigenvalue weighted by Gasteiger charge is 2.17. The van der Waals surface area contributed by atoms with Gasteiger partial charge < -0.3 is 4.57 Å². The standard InChI is InChI=1S/C10H16NOP/c1-8(2)9-5-6-11-7-10(9)13(3,4)12/h5-8H,1-4H3. The minimum Gasteiger partial charge on any atom is -0.319 e. The van der Waals surface area contributed by atoms with Gasteiger partial charge in [-0.2, -0.15) is 0 Å². The van der Waals surface area contributed by atoms with Gasteiger partial charge >= 0.3 is 0 Å². The summed E-state index contributed by atoms with van der Waals surface area (Å²) in [4.78, 5) is 4.02. The zero-order valence-electron chi connectivity index (χ0n) is 8.61. The Morgan fingerprint density at radius 1 is 1.38 bits per heavy atom. The molecule has 3 heteroatoms. The molecule has 13 heavy (non-hydrogen) atoms. The summed E-state index contributed by atoms with van der Waals surface area (Å²) < 4.78 is 11.9. The highest BCUT2D eigenvalue weighted by atomic mass is 31.2. The molecule has 0 amide bonds. The van der Waals surface area contributed by atoms with Gasteiger partial charge in [0.05, 0.1) is 0 Å². The fourth-order valence-electron chi connectivity index (χ4n) is 1.34. The van der Waals surface area contributed by atoms with Crippen LogP contribution in [0.1, 0.15) is 25.3 Å². The van der Waals surface area contributed by atoms with Crippen LogP contribution in [0.3, 0.4) is 0 Å². The van der Waals surface area contributed by atoms with E-state index in [1.165, 1.54) is 0 Å². The average molecular weight is 197 g/mol. The lowest BCUT2D eigenvalue weighted by atomic mass is 10.1. The van der Waals surface area contributed by atoms with Gasteiger partial charge in [-0.3, -0.25) is 4.98 Å². The lowest BCUT2D eigenvalue weighted by molar-refractivity contribution is 0.588. The zero-order chi connectivity index (χ0) is 10.1. The van der Waals surface area contributed by atoms with Crippen LogP contribution in [0.25, 0.3) is 0 Å².